The molecular weight excluding hydrogens is 664 g/mol. The molecule has 0 saturated carbocycles. The van der Waals surface area contributed by atoms with Crippen LogP contribution in [-0.2, 0) is 23.7 Å². The number of aliphatic hydroxyl groups excluding tert-OH is 2. The molecule has 0 aromatic heterocycles. The van der Waals surface area contributed by atoms with Gasteiger partial charge in [-0.2, -0.15) is 0 Å². The average Bonchev–Trinajstić information content (AvgIpc) is 3.03. The monoisotopic (exact) mass is 757 g/mol. The second-order valence-corrected chi connectivity index (χ2v) is 21.3. The van der Waals surface area contributed by atoms with Crippen LogP contribution in [0.3, 0.4) is 0 Å². The van der Waals surface area contributed by atoms with Crippen molar-refractivity contribution in [3.05, 3.63) is 0 Å². The molecule has 0 unspecified atom stereocenters. The third-order valence-electron chi connectivity index (χ3n) is 14.0. The van der Waals surface area contributed by atoms with E-state index >= 15 is 0 Å². The Morgan fingerprint density at radius 3 is 0.962 bits per heavy atom. The van der Waals surface area contributed by atoms with E-state index in [1.807, 2.05) is 20.8 Å². The Morgan fingerprint density at radius 1 is 0.434 bits per heavy atom. The van der Waals surface area contributed by atoms with E-state index in [1.54, 1.807) is 7.11 Å². The van der Waals surface area contributed by atoms with Crippen molar-refractivity contribution < 1.29 is 33.9 Å². The summed E-state index contributed by atoms with van der Waals surface area (Å²) < 4.78 is 28.9. The zero-order valence-corrected chi connectivity index (χ0v) is 39.0. The fourth-order valence-electron chi connectivity index (χ4n) is 8.43. The Labute approximate surface area is 329 Å². The van der Waals surface area contributed by atoms with Crippen LogP contribution in [0.15, 0.2) is 0 Å². The van der Waals surface area contributed by atoms with Crippen molar-refractivity contribution in [2.45, 2.75) is 238 Å². The summed E-state index contributed by atoms with van der Waals surface area (Å²) in [7, 11) is 1.65. The van der Waals surface area contributed by atoms with Gasteiger partial charge in [-0.3, -0.25) is 0 Å². The summed E-state index contributed by atoms with van der Waals surface area (Å²) in [5, 5.41) is 19.8. The average molecular weight is 757 g/mol. The molecule has 0 aromatic rings. The van der Waals surface area contributed by atoms with Crippen molar-refractivity contribution in [2.75, 3.05) is 7.11 Å². The molecule has 4 aliphatic heterocycles. The topological polar surface area (TPSA) is 86.6 Å². The lowest BCUT2D eigenvalue weighted by atomic mass is 9.70. The number of rotatable bonds is 5. The van der Waals surface area contributed by atoms with E-state index in [4.69, 9.17) is 23.7 Å². The summed E-state index contributed by atoms with van der Waals surface area (Å²) in [5.41, 5.74) is 0.401. The van der Waals surface area contributed by atoms with Crippen molar-refractivity contribution >= 4 is 0 Å². The van der Waals surface area contributed by atoms with Gasteiger partial charge in [-0.25, -0.2) is 0 Å². The number of hydrogen-bond acceptors (Lipinski definition) is 7. The molecule has 7 heteroatoms. The summed E-state index contributed by atoms with van der Waals surface area (Å²) in [4.78, 5) is 0. The van der Waals surface area contributed by atoms with Gasteiger partial charge in [-0.05, 0) is 106 Å². The highest BCUT2D eigenvalue weighted by Crippen LogP contribution is 2.43. The largest absolute Gasteiger partial charge is 0.390 e. The maximum atomic E-state index is 9.95. The lowest BCUT2D eigenvalue weighted by Gasteiger charge is -2.46. The molecule has 0 bridgehead atoms. The second-order valence-electron chi connectivity index (χ2n) is 21.3. The number of hydrogen-bond donors (Lipinski definition) is 2. The maximum Gasteiger partial charge on any atom is 0.109 e. The number of aliphatic hydroxyl groups is 2. The number of methoxy groups -OCH3 is 1. The second kappa shape index (κ2) is 20.4. The molecule has 4 saturated heterocycles. The highest BCUT2D eigenvalue weighted by molar-refractivity contribution is 4.95. The number of ether oxygens (including phenoxy) is 5. The molecule has 0 spiro atoms. The maximum absolute atomic E-state index is 9.95. The van der Waals surface area contributed by atoms with Gasteiger partial charge in [0.05, 0.1) is 60.5 Å². The van der Waals surface area contributed by atoms with Gasteiger partial charge >= 0.3 is 0 Å². The molecular formula is C46H92O7. The molecule has 13 atom stereocenters. The van der Waals surface area contributed by atoms with Gasteiger partial charge in [0.25, 0.3) is 0 Å². The minimum Gasteiger partial charge on any atom is -0.390 e. The zero-order chi connectivity index (χ0) is 41.6. The Balaban J connectivity index is 0.000000354. The van der Waals surface area contributed by atoms with Gasteiger partial charge in [0.2, 0.25) is 0 Å². The van der Waals surface area contributed by atoms with E-state index in [9.17, 15) is 10.2 Å². The van der Waals surface area contributed by atoms with Crippen LogP contribution in [0.4, 0.5) is 0 Å². The molecule has 0 amide bonds. The van der Waals surface area contributed by atoms with Crippen LogP contribution in [0.2, 0.25) is 0 Å². The highest BCUT2D eigenvalue weighted by Gasteiger charge is 2.46. The van der Waals surface area contributed by atoms with Gasteiger partial charge in [-0.15, -0.1) is 0 Å². The van der Waals surface area contributed by atoms with Crippen molar-refractivity contribution in [3.8, 4) is 0 Å². The minimum absolute atomic E-state index is 0.00734. The molecule has 7 nitrogen and oxygen atoms in total. The Morgan fingerprint density at radius 2 is 0.698 bits per heavy atom. The van der Waals surface area contributed by atoms with Gasteiger partial charge in [0.1, 0.15) is 6.10 Å². The van der Waals surface area contributed by atoms with Crippen LogP contribution in [0.1, 0.15) is 171 Å². The fourth-order valence-corrected chi connectivity index (χ4v) is 8.43. The van der Waals surface area contributed by atoms with E-state index in [-0.39, 0.29) is 29.8 Å². The normalized spacial score (nSPS) is 40.8. The van der Waals surface area contributed by atoms with Crippen LogP contribution in [0, 0.1) is 51.8 Å². The van der Waals surface area contributed by atoms with E-state index in [1.165, 1.54) is 12.8 Å². The fraction of sp³-hybridized carbons (Fsp3) is 1.00. The van der Waals surface area contributed by atoms with Crippen LogP contribution in [0.5, 0.6) is 0 Å². The third-order valence-corrected chi connectivity index (χ3v) is 14.0. The summed E-state index contributed by atoms with van der Waals surface area (Å²) in [6, 6.07) is 0. The van der Waals surface area contributed by atoms with E-state index < -0.39 is 11.7 Å². The van der Waals surface area contributed by atoms with Crippen molar-refractivity contribution in [1.82, 2.24) is 0 Å². The summed E-state index contributed by atoms with van der Waals surface area (Å²) in [6.45, 7) is 46.2. The first-order valence-corrected chi connectivity index (χ1v) is 21.5. The van der Waals surface area contributed by atoms with E-state index in [0.29, 0.717) is 76.9 Å². The molecule has 0 radical (unpaired) electrons. The molecule has 53 heavy (non-hydrogen) atoms. The van der Waals surface area contributed by atoms with Crippen molar-refractivity contribution in [2.24, 2.45) is 51.8 Å². The van der Waals surface area contributed by atoms with Crippen LogP contribution in [0.25, 0.3) is 0 Å². The predicted octanol–water partition coefficient (Wildman–Crippen LogP) is 10.8. The van der Waals surface area contributed by atoms with Crippen molar-refractivity contribution in [1.29, 1.82) is 0 Å². The van der Waals surface area contributed by atoms with Gasteiger partial charge in [0, 0.05) is 13.5 Å². The van der Waals surface area contributed by atoms with Gasteiger partial charge in [-0.1, -0.05) is 111 Å². The summed E-state index contributed by atoms with van der Waals surface area (Å²) in [6.07, 6.45) is 5.29. The molecule has 4 fully saturated rings. The first-order valence-electron chi connectivity index (χ1n) is 21.5. The van der Waals surface area contributed by atoms with Gasteiger partial charge < -0.3 is 33.9 Å². The van der Waals surface area contributed by atoms with Crippen LogP contribution < -0.4 is 0 Å². The van der Waals surface area contributed by atoms with Gasteiger partial charge in [0.15, 0.2) is 0 Å². The van der Waals surface area contributed by atoms with E-state index in [0.717, 1.165) is 12.8 Å². The summed E-state index contributed by atoms with van der Waals surface area (Å²) >= 11 is 0. The Bertz CT molecular complexity index is 942. The molecule has 4 aliphatic rings. The molecule has 4 heterocycles. The first-order chi connectivity index (χ1) is 23.9. The molecule has 318 valence electrons. The van der Waals surface area contributed by atoms with E-state index in [2.05, 4.69) is 125 Å². The quantitative estimate of drug-likeness (QED) is 0.289. The predicted molar refractivity (Wildman–Crippen MR) is 222 cm³/mol. The smallest absolute Gasteiger partial charge is 0.109 e. The lowest BCUT2D eigenvalue weighted by Crippen LogP contribution is -2.56. The van der Waals surface area contributed by atoms with Crippen molar-refractivity contribution in [3.63, 3.8) is 0 Å². The third kappa shape index (κ3) is 14.3. The lowest BCUT2D eigenvalue weighted by molar-refractivity contribution is -0.222. The molecule has 0 aliphatic carbocycles. The van der Waals surface area contributed by atoms with Crippen LogP contribution in [-0.4, -0.2) is 84.0 Å². The minimum atomic E-state index is -0.539. The Kier molecular flexibility index (Phi) is 19.5. The molecule has 2 N–H and O–H groups in total. The first kappa shape index (κ1) is 50.7. The van der Waals surface area contributed by atoms with Crippen LogP contribution >= 0.6 is 0 Å². The Hall–Kier alpha value is -0.280. The standard InChI is InChI=1S/2C12H24O.C11H22O3.C11H22O2/c2*1-8(2)11-7-12(5,6)9(3)10(4)13-11;1-7(2)9-6-11(4,13-5)10(12)8(3)14-9;1-7(2)9-6-11(4,5)10(12)8(3)13-9/h2*8-11H,7H2,1-6H3;7-10,12H,6H2,1-5H3;7-10,12H,6H2,1-5H3/t2*9-,10-,11+;8-,9-,10-,11-;8-,9+,10-/m0010/s1. The molecule has 4 rings (SSSR count). The highest BCUT2D eigenvalue weighted by atomic mass is 16.5. The summed E-state index contributed by atoms with van der Waals surface area (Å²) in [5.74, 6) is 3.63. The molecule has 0 aromatic carbocycles. The SMILES string of the molecule is CC(C)[C@H]1CC(C)(C)[C@@H](C)[C@H](C)O1.CC(C)[C@H]1CC(C)(C)[C@@H](C)[C@H](C)O1.CC(C)[C@H]1CC(C)(C)[C@@H](O)[C@H](C)O1.CO[C@]1(C)C[C@H](C(C)C)O[C@H](C)[C@H]1O. The zero-order valence-electron chi connectivity index (χ0n) is 39.0.